The van der Waals surface area contributed by atoms with Gasteiger partial charge in [0.2, 0.25) is 0 Å². The predicted octanol–water partition coefficient (Wildman–Crippen LogP) is 1.04. The van der Waals surface area contributed by atoms with Crippen molar-refractivity contribution in [3.8, 4) is 12.3 Å². The molecule has 0 aliphatic rings. The van der Waals surface area contributed by atoms with E-state index >= 15 is 0 Å². The van der Waals surface area contributed by atoms with E-state index in [1.54, 1.807) is 0 Å². The SMILES string of the molecule is C#CCCNCC.Cl. The third kappa shape index (κ3) is 9.26. The van der Waals surface area contributed by atoms with E-state index in [1.807, 2.05) is 0 Å². The molecule has 0 amide bonds. The van der Waals surface area contributed by atoms with Crippen molar-refractivity contribution in [2.75, 3.05) is 13.1 Å². The molecule has 0 radical (unpaired) electrons. The topological polar surface area (TPSA) is 12.0 Å². The number of hydrogen-bond donors (Lipinski definition) is 1. The largest absolute Gasteiger partial charge is 0.316 e. The standard InChI is InChI=1S/C6H11N.ClH/c1-3-5-6-7-4-2;/h1,7H,4-6H2,2H3;1H. The fraction of sp³-hybridized carbons (Fsp3) is 0.667. The minimum Gasteiger partial charge on any atom is -0.316 e. The predicted molar refractivity (Wildman–Crippen MR) is 39.2 cm³/mol. The Bertz CT molecular complexity index is 65.4. The lowest BCUT2D eigenvalue weighted by molar-refractivity contribution is 0.733. The van der Waals surface area contributed by atoms with Crippen molar-refractivity contribution in [2.45, 2.75) is 13.3 Å². The van der Waals surface area contributed by atoms with Crippen LogP contribution in [0.2, 0.25) is 0 Å². The first-order valence-corrected chi connectivity index (χ1v) is 2.56. The molecule has 0 aromatic carbocycles. The molecular formula is C6H12ClN. The maximum absolute atomic E-state index is 4.98. The first-order chi connectivity index (χ1) is 3.41. The van der Waals surface area contributed by atoms with E-state index in [1.165, 1.54) is 0 Å². The van der Waals surface area contributed by atoms with E-state index in [9.17, 15) is 0 Å². The Hall–Kier alpha value is -0.190. The van der Waals surface area contributed by atoms with Crippen LogP contribution in [0.15, 0.2) is 0 Å². The second-order valence-electron chi connectivity index (χ2n) is 1.31. The van der Waals surface area contributed by atoms with E-state index in [4.69, 9.17) is 6.42 Å². The van der Waals surface area contributed by atoms with Gasteiger partial charge in [0, 0.05) is 13.0 Å². The van der Waals surface area contributed by atoms with Gasteiger partial charge in [-0.2, -0.15) is 0 Å². The quantitative estimate of drug-likeness (QED) is 0.448. The molecule has 0 aromatic rings. The summed E-state index contributed by atoms with van der Waals surface area (Å²) in [6.07, 6.45) is 5.82. The highest BCUT2D eigenvalue weighted by Gasteiger charge is 1.74. The fourth-order valence-electron chi connectivity index (χ4n) is 0.337. The van der Waals surface area contributed by atoms with Gasteiger partial charge in [-0.25, -0.2) is 0 Å². The van der Waals surface area contributed by atoms with E-state index in [0.29, 0.717) is 0 Å². The van der Waals surface area contributed by atoms with Crippen LogP contribution in [0.4, 0.5) is 0 Å². The number of nitrogens with one attached hydrogen (secondary N) is 1. The molecule has 0 fully saturated rings. The summed E-state index contributed by atoms with van der Waals surface area (Å²) in [5, 5.41) is 3.11. The highest BCUT2D eigenvalue weighted by molar-refractivity contribution is 5.85. The number of rotatable bonds is 3. The average Bonchev–Trinajstić information content (AvgIpc) is 1.69. The summed E-state index contributed by atoms with van der Waals surface area (Å²) in [6, 6.07) is 0. The zero-order valence-corrected chi connectivity index (χ0v) is 5.92. The van der Waals surface area contributed by atoms with Gasteiger partial charge >= 0.3 is 0 Å². The van der Waals surface area contributed by atoms with Gasteiger partial charge in [0.15, 0.2) is 0 Å². The summed E-state index contributed by atoms with van der Waals surface area (Å²) in [5.41, 5.74) is 0. The van der Waals surface area contributed by atoms with E-state index < -0.39 is 0 Å². The summed E-state index contributed by atoms with van der Waals surface area (Å²) >= 11 is 0. The average molecular weight is 134 g/mol. The third-order valence-electron chi connectivity index (χ3n) is 0.696. The molecule has 0 rings (SSSR count). The van der Waals surface area contributed by atoms with Crippen LogP contribution in [0.1, 0.15) is 13.3 Å². The van der Waals surface area contributed by atoms with Gasteiger partial charge in [-0.3, -0.25) is 0 Å². The molecule has 0 unspecified atom stereocenters. The molecule has 0 saturated carbocycles. The summed E-state index contributed by atoms with van der Waals surface area (Å²) in [7, 11) is 0. The van der Waals surface area contributed by atoms with Crippen molar-refractivity contribution in [1.82, 2.24) is 5.32 Å². The second kappa shape index (κ2) is 9.94. The molecule has 0 spiro atoms. The Labute approximate surface area is 57.3 Å². The van der Waals surface area contributed by atoms with Gasteiger partial charge in [0.05, 0.1) is 0 Å². The zero-order chi connectivity index (χ0) is 5.54. The first-order valence-electron chi connectivity index (χ1n) is 2.56. The zero-order valence-electron chi connectivity index (χ0n) is 5.11. The molecule has 0 atom stereocenters. The summed E-state index contributed by atoms with van der Waals surface area (Å²) in [6.45, 7) is 4.03. The van der Waals surface area contributed by atoms with Crippen molar-refractivity contribution in [3.05, 3.63) is 0 Å². The van der Waals surface area contributed by atoms with Crippen LogP contribution in [-0.4, -0.2) is 13.1 Å². The third-order valence-corrected chi connectivity index (χ3v) is 0.696. The maximum Gasteiger partial charge on any atom is 0.0211 e. The molecule has 0 aliphatic heterocycles. The minimum atomic E-state index is 0. The van der Waals surface area contributed by atoms with E-state index in [-0.39, 0.29) is 12.4 Å². The highest BCUT2D eigenvalue weighted by atomic mass is 35.5. The Morgan fingerprint density at radius 1 is 1.62 bits per heavy atom. The van der Waals surface area contributed by atoms with Crippen molar-refractivity contribution in [2.24, 2.45) is 0 Å². The molecule has 48 valence electrons. The molecule has 8 heavy (non-hydrogen) atoms. The van der Waals surface area contributed by atoms with Gasteiger partial charge < -0.3 is 5.32 Å². The molecule has 0 aromatic heterocycles. The van der Waals surface area contributed by atoms with E-state index in [0.717, 1.165) is 19.5 Å². The van der Waals surface area contributed by atoms with Crippen LogP contribution in [0.5, 0.6) is 0 Å². The Kier molecular flexibility index (Phi) is 13.3. The number of hydrogen-bond acceptors (Lipinski definition) is 1. The second-order valence-corrected chi connectivity index (χ2v) is 1.31. The van der Waals surface area contributed by atoms with Crippen molar-refractivity contribution in [3.63, 3.8) is 0 Å². The van der Waals surface area contributed by atoms with Crippen LogP contribution >= 0.6 is 12.4 Å². The van der Waals surface area contributed by atoms with Crippen LogP contribution in [0.3, 0.4) is 0 Å². The number of terminal acetylenes is 1. The lowest BCUT2D eigenvalue weighted by atomic mass is 10.4. The van der Waals surface area contributed by atoms with Gasteiger partial charge in [-0.05, 0) is 6.54 Å². The monoisotopic (exact) mass is 133 g/mol. The van der Waals surface area contributed by atoms with Crippen LogP contribution < -0.4 is 5.32 Å². The fourth-order valence-corrected chi connectivity index (χ4v) is 0.337. The molecule has 1 N–H and O–H groups in total. The minimum absolute atomic E-state index is 0. The number of halogens is 1. The normalized spacial score (nSPS) is 7.00. The van der Waals surface area contributed by atoms with Crippen LogP contribution in [-0.2, 0) is 0 Å². The molecule has 0 saturated heterocycles. The van der Waals surface area contributed by atoms with Crippen molar-refractivity contribution >= 4 is 12.4 Å². The van der Waals surface area contributed by atoms with Gasteiger partial charge in [0.1, 0.15) is 0 Å². The molecule has 0 bridgehead atoms. The van der Waals surface area contributed by atoms with Crippen molar-refractivity contribution < 1.29 is 0 Å². The van der Waals surface area contributed by atoms with Crippen LogP contribution in [0, 0.1) is 12.3 Å². The summed E-state index contributed by atoms with van der Waals surface area (Å²) in [4.78, 5) is 0. The van der Waals surface area contributed by atoms with Gasteiger partial charge in [0.25, 0.3) is 0 Å². The molecule has 1 nitrogen and oxygen atoms in total. The summed E-state index contributed by atoms with van der Waals surface area (Å²) < 4.78 is 0. The Morgan fingerprint density at radius 2 is 2.25 bits per heavy atom. The Balaban J connectivity index is 0. The first kappa shape index (κ1) is 10.7. The smallest absolute Gasteiger partial charge is 0.0211 e. The van der Waals surface area contributed by atoms with Gasteiger partial charge in [-0.15, -0.1) is 24.8 Å². The maximum atomic E-state index is 4.98. The lowest BCUT2D eigenvalue weighted by Crippen LogP contribution is -2.12. The lowest BCUT2D eigenvalue weighted by Gasteiger charge is -1.91. The van der Waals surface area contributed by atoms with E-state index in [2.05, 4.69) is 18.2 Å². The highest BCUT2D eigenvalue weighted by Crippen LogP contribution is 1.66. The van der Waals surface area contributed by atoms with Crippen molar-refractivity contribution in [1.29, 1.82) is 0 Å². The molecule has 2 heteroatoms. The molecule has 0 aliphatic carbocycles. The Morgan fingerprint density at radius 3 is 2.62 bits per heavy atom. The van der Waals surface area contributed by atoms with Crippen LogP contribution in [0.25, 0.3) is 0 Å². The van der Waals surface area contributed by atoms with Gasteiger partial charge in [-0.1, -0.05) is 6.92 Å². The molecular weight excluding hydrogens is 122 g/mol. The molecule has 0 heterocycles. The summed E-state index contributed by atoms with van der Waals surface area (Å²) in [5.74, 6) is 2.54.